The summed E-state index contributed by atoms with van der Waals surface area (Å²) in [6.07, 6.45) is -0.510. The standard InChI is InChI=1S/C30H50N8O14/c1-14(2)23(28(49)36-18(12-39)25(46)33-16(30(51)52)6-3-4-8-31)37-26(47)19(13-40)35-27(48)20-7-5-9-38(20)29(50)17(11-22(43)44)34-24(45)15(32)10-21(41)42/h14-20,23,39-40H,3-13,31-32H2,1-2H3,(H,33,46)(H,34,45)(H,35,48)(H,36,49)(H,37,47)(H,41,42)(H,43,44)(H,51,52)/t15-,16-,17-,18-,19-,20-,23-/m0/s1. The molecule has 0 unspecified atom stereocenters. The van der Waals surface area contributed by atoms with Crippen molar-refractivity contribution >= 4 is 53.4 Å². The summed E-state index contributed by atoms with van der Waals surface area (Å²) >= 11 is 0. The van der Waals surface area contributed by atoms with Gasteiger partial charge in [-0.05, 0) is 44.6 Å². The van der Waals surface area contributed by atoms with Gasteiger partial charge in [0.2, 0.25) is 35.4 Å². The number of aliphatic hydroxyl groups is 2. The summed E-state index contributed by atoms with van der Waals surface area (Å²) in [4.78, 5) is 113. The van der Waals surface area contributed by atoms with Gasteiger partial charge in [-0.2, -0.15) is 0 Å². The molecular formula is C30H50N8O14. The van der Waals surface area contributed by atoms with E-state index in [1.807, 2.05) is 0 Å². The number of amides is 6. The third-order valence-electron chi connectivity index (χ3n) is 8.00. The van der Waals surface area contributed by atoms with Gasteiger partial charge in [-0.25, -0.2) is 4.79 Å². The summed E-state index contributed by atoms with van der Waals surface area (Å²) in [5, 5.41) is 58.5. The minimum Gasteiger partial charge on any atom is -0.481 e. The van der Waals surface area contributed by atoms with E-state index in [1.54, 1.807) is 0 Å². The maximum Gasteiger partial charge on any atom is 0.326 e. The second kappa shape index (κ2) is 22.1. The van der Waals surface area contributed by atoms with E-state index in [-0.39, 0.29) is 25.8 Å². The molecule has 14 N–H and O–H groups in total. The molecule has 0 radical (unpaired) electrons. The highest BCUT2D eigenvalue weighted by Gasteiger charge is 2.40. The van der Waals surface area contributed by atoms with Crippen LogP contribution in [0.3, 0.4) is 0 Å². The van der Waals surface area contributed by atoms with Crippen molar-refractivity contribution in [3.05, 3.63) is 0 Å². The first-order chi connectivity index (χ1) is 24.4. The minimum absolute atomic E-state index is 0.0405. The molecule has 1 rings (SSSR count). The number of aliphatic carboxylic acids is 3. The number of likely N-dealkylation sites (tertiary alicyclic amines) is 1. The molecule has 0 aliphatic carbocycles. The van der Waals surface area contributed by atoms with Gasteiger partial charge < -0.3 is 68.5 Å². The summed E-state index contributed by atoms with van der Waals surface area (Å²) in [6.45, 7) is 1.38. The molecule has 0 spiro atoms. The lowest BCUT2D eigenvalue weighted by Crippen LogP contribution is -2.61. The maximum atomic E-state index is 13.3. The monoisotopic (exact) mass is 746 g/mol. The molecule has 22 nitrogen and oxygen atoms in total. The van der Waals surface area contributed by atoms with Crippen LogP contribution in [0.5, 0.6) is 0 Å². The fourth-order valence-corrected chi connectivity index (χ4v) is 5.17. The predicted octanol–water partition coefficient (Wildman–Crippen LogP) is -5.47. The molecule has 1 aliphatic heterocycles. The lowest BCUT2D eigenvalue weighted by atomic mass is 10.0. The number of aliphatic hydroxyl groups excluding tert-OH is 2. The van der Waals surface area contributed by atoms with Crippen LogP contribution in [0.4, 0.5) is 0 Å². The molecule has 1 saturated heterocycles. The van der Waals surface area contributed by atoms with Crippen LogP contribution in [0.1, 0.15) is 58.8 Å². The van der Waals surface area contributed by atoms with Gasteiger partial charge in [0.25, 0.3) is 0 Å². The molecule has 0 saturated carbocycles. The molecule has 0 aromatic rings. The van der Waals surface area contributed by atoms with E-state index < -0.39 is 128 Å². The first kappa shape index (κ1) is 45.1. The van der Waals surface area contributed by atoms with Gasteiger partial charge in [-0.3, -0.25) is 38.4 Å². The summed E-state index contributed by atoms with van der Waals surface area (Å²) in [5.41, 5.74) is 10.9. The topological polar surface area (TPSA) is 370 Å². The molecule has 1 fully saturated rings. The number of nitrogens with zero attached hydrogens (tertiary/aromatic N) is 1. The third-order valence-corrected chi connectivity index (χ3v) is 8.00. The van der Waals surface area contributed by atoms with E-state index in [9.17, 15) is 63.6 Å². The van der Waals surface area contributed by atoms with Gasteiger partial charge in [0.05, 0.1) is 32.1 Å². The highest BCUT2D eigenvalue weighted by molar-refractivity contribution is 5.98. The molecule has 1 aliphatic rings. The molecule has 52 heavy (non-hydrogen) atoms. The van der Waals surface area contributed by atoms with Crippen LogP contribution >= 0.6 is 0 Å². The number of rotatable bonds is 23. The molecule has 0 aromatic heterocycles. The van der Waals surface area contributed by atoms with E-state index in [4.69, 9.17) is 16.6 Å². The number of nitrogens with two attached hydrogens (primary N) is 2. The lowest BCUT2D eigenvalue weighted by molar-refractivity contribution is -0.146. The Labute approximate surface area is 298 Å². The molecular weight excluding hydrogens is 696 g/mol. The van der Waals surface area contributed by atoms with Gasteiger partial charge in [-0.15, -0.1) is 0 Å². The Kier molecular flexibility index (Phi) is 19.2. The molecule has 0 aromatic carbocycles. The molecule has 6 amide bonds. The van der Waals surface area contributed by atoms with Gasteiger partial charge in [-0.1, -0.05) is 13.8 Å². The summed E-state index contributed by atoms with van der Waals surface area (Å²) < 4.78 is 0. The summed E-state index contributed by atoms with van der Waals surface area (Å²) in [6, 6.07) is -10.6. The van der Waals surface area contributed by atoms with Crippen molar-refractivity contribution in [2.24, 2.45) is 17.4 Å². The maximum absolute atomic E-state index is 13.3. The van der Waals surface area contributed by atoms with Crippen LogP contribution in [-0.2, 0) is 43.2 Å². The average Bonchev–Trinajstić information content (AvgIpc) is 3.56. The number of carbonyl (C=O) groups excluding carboxylic acids is 6. The van der Waals surface area contributed by atoms with Crippen molar-refractivity contribution in [1.29, 1.82) is 0 Å². The zero-order chi connectivity index (χ0) is 39.7. The quantitative estimate of drug-likeness (QED) is 0.0434. The Morgan fingerprint density at radius 3 is 1.77 bits per heavy atom. The number of nitrogens with one attached hydrogen (secondary N) is 5. The largest absolute Gasteiger partial charge is 0.481 e. The van der Waals surface area contributed by atoms with Crippen molar-refractivity contribution in [3.8, 4) is 0 Å². The van der Waals surface area contributed by atoms with Gasteiger partial charge in [0.1, 0.15) is 36.3 Å². The van der Waals surface area contributed by atoms with Crippen molar-refractivity contribution in [3.63, 3.8) is 0 Å². The average molecular weight is 747 g/mol. The van der Waals surface area contributed by atoms with Crippen LogP contribution in [0.25, 0.3) is 0 Å². The lowest BCUT2D eigenvalue weighted by Gasteiger charge is -2.30. The zero-order valence-corrected chi connectivity index (χ0v) is 28.9. The van der Waals surface area contributed by atoms with E-state index in [0.717, 1.165) is 4.90 Å². The summed E-state index contributed by atoms with van der Waals surface area (Å²) in [7, 11) is 0. The van der Waals surface area contributed by atoms with Gasteiger partial charge in [0.15, 0.2) is 0 Å². The Balaban J connectivity index is 3.02. The fourth-order valence-electron chi connectivity index (χ4n) is 5.17. The highest BCUT2D eigenvalue weighted by Crippen LogP contribution is 2.20. The number of hydrogen-bond donors (Lipinski definition) is 12. The van der Waals surface area contributed by atoms with E-state index in [1.165, 1.54) is 13.8 Å². The SMILES string of the molecule is CC(C)[C@H](NC(=O)[C@H](CO)NC(=O)[C@@H]1CCCN1C(=O)[C@H](CC(=O)O)NC(=O)[C@@H](N)CC(=O)O)C(=O)N[C@@H](CO)C(=O)N[C@@H](CCCCN)C(=O)O. The Morgan fingerprint density at radius 1 is 0.712 bits per heavy atom. The number of unbranched alkanes of at least 4 members (excludes halogenated alkanes) is 1. The zero-order valence-electron chi connectivity index (χ0n) is 28.9. The predicted molar refractivity (Wildman–Crippen MR) is 176 cm³/mol. The highest BCUT2D eigenvalue weighted by atomic mass is 16.4. The fraction of sp³-hybridized carbons (Fsp3) is 0.700. The van der Waals surface area contributed by atoms with Crippen LogP contribution in [-0.4, -0.2) is 152 Å². The smallest absolute Gasteiger partial charge is 0.326 e. The second-order valence-electron chi connectivity index (χ2n) is 12.5. The van der Waals surface area contributed by atoms with Crippen LogP contribution < -0.4 is 38.1 Å². The van der Waals surface area contributed by atoms with E-state index in [2.05, 4.69) is 26.6 Å². The first-order valence-corrected chi connectivity index (χ1v) is 16.5. The molecule has 294 valence electrons. The minimum atomic E-state index is -1.73. The Bertz CT molecular complexity index is 1310. The molecule has 22 heteroatoms. The molecule has 7 atom stereocenters. The van der Waals surface area contributed by atoms with Crippen LogP contribution in [0, 0.1) is 5.92 Å². The second-order valence-corrected chi connectivity index (χ2v) is 12.5. The normalized spacial score (nSPS) is 17.4. The Hall–Kier alpha value is -4.93. The van der Waals surface area contributed by atoms with Gasteiger partial charge >= 0.3 is 17.9 Å². The van der Waals surface area contributed by atoms with Gasteiger partial charge in [0, 0.05) is 6.54 Å². The van der Waals surface area contributed by atoms with Crippen LogP contribution in [0.15, 0.2) is 0 Å². The van der Waals surface area contributed by atoms with Crippen molar-refractivity contribution in [2.45, 2.75) is 101 Å². The first-order valence-electron chi connectivity index (χ1n) is 16.5. The number of carboxylic acid groups (broad SMARTS) is 3. The Morgan fingerprint density at radius 2 is 1.25 bits per heavy atom. The molecule has 0 bridgehead atoms. The van der Waals surface area contributed by atoms with Crippen molar-refractivity contribution in [2.75, 3.05) is 26.3 Å². The van der Waals surface area contributed by atoms with Crippen molar-refractivity contribution in [1.82, 2.24) is 31.5 Å². The van der Waals surface area contributed by atoms with E-state index >= 15 is 0 Å². The van der Waals surface area contributed by atoms with Crippen LogP contribution in [0.2, 0.25) is 0 Å². The number of carbonyl (C=O) groups is 9. The third kappa shape index (κ3) is 14.4. The van der Waals surface area contributed by atoms with Crippen molar-refractivity contribution < 1.29 is 68.7 Å². The number of carboxylic acids is 3. The summed E-state index contributed by atoms with van der Waals surface area (Å²) in [5.74, 6) is -11.0. The number of hydrogen-bond acceptors (Lipinski definition) is 13. The molecule has 1 heterocycles. The van der Waals surface area contributed by atoms with E-state index in [0.29, 0.717) is 19.4 Å².